The number of likely N-dealkylation sites (tertiary alicyclic amines) is 1. The van der Waals surface area contributed by atoms with Crippen molar-refractivity contribution in [3.8, 4) is 11.5 Å². The summed E-state index contributed by atoms with van der Waals surface area (Å²) in [6.45, 7) is 2.22. The summed E-state index contributed by atoms with van der Waals surface area (Å²) in [6, 6.07) is 4.94. The molecule has 2 atom stereocenters. The van der Waals surface area contributed by atoms with E-state index >= 15 is 0 Å². The smallest absolute Gasteiger partial charge is 0.409 e. The molecule has 1 aromatic rings. The Hall–Kier alpha value is -2.44. The Balaban J connectivity index is 2.42. The molecule has 7 heteroatoms. The number of hydrogen-bond donors (Lipinski definition) is 1. The van der Waals surface area contributed by atoms with Gasteiger partial charge in [0.05, 0.1) is 26.7 Å². The first-order chi connectivity index (χ1) is 10.9. The van der Waals surface area contributed by atoms with E-state index in [-0.39, 0.29) is 18.2 Å². The van der Waals surface area contributed by atoms with Gasteiger partial charge < -0.3 is 24.2 Å². The van der Waals surface area contributed by atoms with Gasteiger partial charge in [-0.15, -0.1) is 0 Å². The number of hydrogen-bond acceptors (Lipinski definition) is 6. The van der Waals surface area contributed by atoms with Crippen LogP contribution in [0.5, 0.6) is 11.5 Å². The van der Waals surface area contributed by atoms with Gasteiger partial charge in [-0.05, 0) is 24.6 Å². The van der Waals surface area contributed by atoms with Crippen LogP contribution in [0.2, 0.25) is 0 Å². The highest BCUT2D eigenvalue weighted by molar-refractivity contribution is 5.81. The van der Waals surface area contributed by atoms with Crippen molar-refractivity contribution in [2.75, 3.05) is 34.4 Å². The first-order valence-electron chi connectivity index (χ1n) is 7.15. The number of carbonyl (C=O) groups is 2. The number of phenols is 1. The SMILES string of the molecule is COC(=O)N1C[C@H](c2ccc(OC)c(O)c2)[C@](C)(C(=O)OC)C1. The third-order valence-electron chi connectivity index (χ3n) is 4.38. The van der Waals surface area contributed by atoms with Crippen LogP contribution in [0.25, 0.3) is 0 Å². The lowest BCUT2D eigenvalue weighted by Gasteiger charge is -2.27. The van der Waals surface area contributed by atoms with Gasteiger partial charge in [-0.25, -0.2) is 4.79 Å². The number of aromatic hydroxyl groups is 1. The van der Waals surface area contributed by atoms with Crippen LogP contribution in [0.1, 0.15) is 18.4 Å². The number of amides is 1. The van der Waals surface area contributed by atoms with Crippen molar-refractivity contribution in [3.05, 3.63) is 23.8 Å². The number of benzene rings is 1. The Morgan fingerprint density at radius 1 is 1.26 bits per heavy atom. The zero-order valence-electron chi connectivity index (χ0n) is 13.7. The molecule has 0 saturated carbocycles. The molecule has 0 aromatic heterocycles. The first kappa shape index (κ1) is 16.9. The summed E-state index contributed by atoms with van der Waals surface area (Å²) in [6.07, 6.45) is -0.500. The molecule has 0 unspecified atom stereocenters. The maximum absolute atomic E-state index is 12.3. The van der Waals surface area contributed by atoms with Crippen LogP contribution in [0.4, 0.5) is 4.79 Å². The zero-order valence-corrected chi connectivity index (χ0v) is 13.7. The van der Waals surface area contributed by atoms with Crippen LogP contribution < -0.4 is 4.74 Å². The van der Waals surface area contributed by atoms with Crippen LogP contribution in [-0.4, -0.2) is 56.5 Å². The maximum Gasteiger partial charge on any atom is 0.409 e. The van der Waals surface area contributed by atoms with Gasteiger partial charge in [-0.2, -0.15) is 0 Å². The molecule has 1 heterocycles. The summed E-state index contributed by atoms with van der Waals surface area (Å²) in [5.74, 6) is -0.417. The Kier molecular flexibility index (Phi) is 4.68. The summed E-state index contributed by atoms with van der Waals surface area (Å²) in [4.78, 5) is 25.6. The molecule has 1 aromatic carbocycles. The van der Waals surface area contributed by atoms with E-state index in [1.165, 1.54) is 26.2 Å². The van der Waals surface area contributed by atoms with E-state index in [4.69, 9.17) is 14.2 Å². The van der Waals surface area contributed by atoms with Gasteiger partial charge in [-0.1, -0.05) is 6.07 Å². The number of esters is 1. The second kappa shape index (κ2) is 6.36. The number of methoxy groups -OCH3 is 3. The van der Waals surface area contributed by atoms with Gasteiger partial charge in [0.2, 0.25) is 0 Å². The van der Waals surface area contributed by atoms with Crippen molar-refractivity contribution >= 4 is 12.1 Å². The lowest BCUT2D eigenvalue weighted by molar-refractivity contribution is -0.151. The van der Waals surface area contributed by atoms with Gasteiger partial charge in [0, 0.05) is 19.0 Å². The molecule has 1 fully saturated rings. The molecule has 0 spiro atoms. The van der Waals surface area contributed by atoms with Crippen molar-refractivity contribution in [3.63, 3.8) is 0 Å². The molecule has 1 N–H and O–H groups in total. The van der Waals surface area contributed by atoms with Crippen molar-refractivity contribution in [2.24, 2.45) is 5.41 Å². The van der Waals surface area contributed by atoms with E-state index in [9.17, 15) is 14.7 Å². The van der Waals surface area contributed by atoms with Gasteiger partial charge in [-0.3, -0.25) is 4.79 Å². The van der Waals surface area contributed by atoms with E-state index in [0.29, 0.717) is 12.3 Å². The fourth-order valence-corrected chi connectivity index (χ4v) is 3.10. The van der Waals surface area contributed by atoms with Crippen molar-refractivity contribution in [2.45, 2.75) is 12.8 Å². The molecule has 1 aliphatic heterocycles. The molecule has 0 aliphatic carbocycles. The highest BCUT2D eigenvalue weighted by Gasteiger charge is 2.51. The van der Waals surface area contributed by atoms with E-state index in [1.807, 2.05) is 0 Å². The lowest BCUT2D eigenvalue weighted by atomic mass is 9.76. The molecule has 2 rings (SSSR count). The number of nitrogens with zero attached hydrogens (tertiary/aromatic N) is 1. The third kappa shape index (κ3) is 2.91. The largest absolute Gasteiger partial charge is 0.504 e. The number of rotatable bonds is 3. The quantitative estimate of drug-likeness (QED) is 0.853. The average molecular weight is 323 g/mol. The summed E-state index contributed by atoms with van der Waals surface area (Å²) in [5.41, 5.74) is -0.202. The molecule has 23 heavy (non-hydrogen) atoms. The summed E-state index contributed by atoms with van der Waals surface area (Å²) in [5, 5.41) is 9.99. The second-order valence-corrected chi connectivity index (χ2v) is 5.74. The molecule has 1 amide bonds. The standard InChI is InChI=1S/C16H21NO6/c1-16(14(19)22-3)9-17(15(20)23-4)8-11(16)10-5-6-13(21-2)12(18)7-10/h5-7,11,18H,8-9H2,1-4H3/t11-,16-/m1/s1. The third-order valence-corrected chi connectivity index (χ3v) is 4.38. The fraction of sp³-hybridized carbons (Fsp3) is 0.500. The molecule has 0 bridgehead atoms. The Labute approximate surface area is 134 Å². The predicted octanol–water partition coefficient (Wildman–Crippen LogP) is 1.75. The molecule has 1 saturated heterocycles. The normalized spacial score (nSPS) is 23.5. The molecular weight excluding hydrogens is 302 g/mol. The summed E-state index contributed by atoms with van der Waals surface area (Å²) in [7, 11) is 4.07. The molecule has 1 aliphatic rings. The van der Waals surface area contributed by atoms with Crippen LogP contribution >= 0.6 is 0 Å². The Bertz CT molecular complexity index is 617. The Morgan fingerprint density at radius 2 is 1.96 bits per heavy atom. The van der Waals surface area contributed by atoms with E-state index in [0.717, 1.165) is 5.56 Å². The monoisotopic (exact) mass is 323 g/mol. The molecular formula is C16H21NO6. The highest BCUT2D eigenvalue weighted by atomic mass is 16.5. The highest BCUT2D eigenvalue weighted by Crippen LogP contribution is 2.45. The number of phenolic OH excluding ortho intramolecular Hbond substituents is 1. The second-order valence-electron chi connectivity index (χ2n) is 5.74. The van der Waals surface area contributed by atoms with Crippen LogP contribution in [0, 0.1) is 5.41 Å². The minimum absolute atomic E-state index is 0.0197. The first-order valence-corrected chi connectivity index (χ1v) is 7.15. The minimum atomic E-state index is -0.927. The van der Waals surface area contributed by atoms with Gasteiger partial charge in [0.25, 0.3) is 0 Å². The fourth-order valence-electron chi connectivity index (χ4n) is 3.10. The van der Waals surface area contributed by atoms with Crippen molar-refractivity contribution in [1.29, 1.82) is 0 Å². The van der Waals surface area contributed by atoms with Gasteiger partial charge in [0.1, 0.15) is 0 Å². The topological polar surface area (TPSA) is 85.3 Å². The van der Waals surface area contributed by atoms with E-state index < -0.39 is 17.5 Å². The van der Waals surface area contributed by atoms with Crippen LogP contribution in [0.3, 0.4) is 0 Å². The summed E-state index contributed by atoms with van der Waals surface area (Å²) < 4.78 is 14.7. The minimum Gasteiger partial charge on any atom is -0.504 e. The van der Waals surface area contributed by atoms with Gasteiger partial charge >= 0.3 is 12.1 Å². The number of ether oxygens (including phenoxy) is 3. The predicted molar refractivity (Wildman–Crippen MR) is 81.5 cm³/mol. The number of carbonyl (C=O) groups excluding carboxylic acids is 2. The maximum atomic E-state index is 12.3. The Morgan fingerprint density at radius 3 is 2.48 bits per heavy atom. The average Bonchev–Trinajstić information content (AvgIpc) is 2.92. The van der Waals surface area contributed by atoms with Crippen molar-refractivity contribution in [1.82, 2.24) is 4.90 Å². The molecule has 0 radical (unpaired) electrons. The van der Waals surface area contributed by atoms with Crippen LogP contribution in [-0.2, 0) is 14.3 Å². The van der Waals surface area contributed by atoms with E-state index in [2.05, 4.69) is 0 Å². The van der Waals surface area contributed by atoms with E-state index in [1.54, 1.807) is 25.1 Å². The van der Waals surface area contributed by atoms with Crippen LogP contribution in [0.15, 0.2) is 18.2 Å². The molecule has 126 valence electrons. The van der Waals surface area contributed by atoms with Crippen molar-refractivity contribution < 1.29 is 28.9 Å². The lowest BCUT2D eigenvalue weighted by Crippen LogP contribution is -2.37. The summed E-state index contributed by atoms with van der Waals surface area (Å²) >= 11 is 0. The zero-order chi connectivity index (χ0) is 17.2. The molecule has 7 nitrogen and oxygen atoms in total. The van der Waals surface area contributed by atoms with Gasteiger partial charge in [0.15, 0.2) is 11.5 Å².